The van der Waals surface area contributed by atoms with Crippen molar-refractivity contribution in [2.24, 2.45) is 5.41 Å². The molecule has 9 heteroatoms. The number of carbonyl (C=O) groups is 2. The van der Waals surface area contributed by atoms with Crippen LogP contribution in [0.2, 0.25) is 0 Å². The van der Waals surface area contributed by atoms with Crippen LogP contribution in [0.1, 0.15) is 53.4 Å². The second-order valence-electron chi connectivity index (χ2n) is 10.3. The van der Waals surface area contributed by atoms with E-state index in [-0.39, 0.29) is 31.8 Å². The van der Waals surface area contributed by atoms with Crippen molar-refractivity contribution in [3.8, 4) is 0 Å². The first kappa shape index (κ1) is 26.3. The molecular weight excluding hydrogens is 426 g/mol. The Balaban J connectivity index is 1.45. The lowest BCUT2D eigenvalue weighted by atomic mass is 9.88. The molecule has 0 aromatic heterocycles. The molecule has 1 N–H and O–H groups in total. The molecule has 9 nitrogen and oxygen atoms in total. The maximum Gasteiger partial charge on any atom is 0.307 e. The molecule has 3 saturated heterocycles. The smallest absolute Gasteiger partial charge is 0.307 e. The highest BCUT2D eigenvalue weighted by Gasteiger charge is 2.35. The van der Waals surface area contributed by atoms with Gasteiger partial charge in [-0.05, 0) is 27.2 Å². The van der Waals surface area contributed by atoms with Crippen LogP contribution < -0.4 is 0 Å². The minimum atomic E-state index is -0.900. The van der Waals surface area contributed by atoms with Crippen LogP contribution in [0.25, 0.3) is 0 Å². The molecule has 33 heavy (non-hydrogen) atoms. The number of aliphatic hydroxyl groups is 1. The monoisotopic (exact) mass is 469 g/mol. The van der Waals surface area contributed by atoms with Gasteiger partial charge in [-0.2, -0.15) is 0 Å². The first-order valence-electron chi connectivity index (χ1n) is 12.5. The summed E-state index contributed by atoms with van der Waals surface area (Å²) in [5.74, 6) is -0.519. The Morgan fingerprint density at radius 3 is 1.67 bits per heavy atom. The van der Waals surface area contributed by atoms with Crippen LogP contribution in [-0.2, 0) is 23.8 Å². The standard InChI is InChI=1S/C24H43N3O6/c1-5-24(15-31-21(28)6-9-25-12-18(25)2,16-32-22(29)7-10-26-13-19(26)3)17-33-23(30)8-11-27-14-20(27)4/h18-21,28H,5-17H2,1-4H3. The van der Waals surface area contributed by atoms with Crippen molar-refractivity contribution in [1.82, 2.24) is 14.7 Å². The number of nitrogens with zero attached hydrogens (tertiary/aromatic N) is 3. The molecule has 0 aromatic carbocycles. The van der Waals surface area contributed by atoms with Gasteiger partial charge in [0, 0.05) is 63.8 Å². The third-order valence-corrected chi connectivity index (χ3v) is 7.25. The number of esters is 2. The maximum absolute atomic E-state index is 12.3. The molecule has 7 unspecified atom stereocenters. The largest absolute Gasteiger partial charge is 0.465 e. The first-order valence-corrected chi connectivity index (χ1v) is 12.5. The maximum atomic E-state index is 12.3. The van der Waals surface area contributed by atoms with Crippen molar-refractivity contribution in [2.75, 3.05) is 59.1 Å². The highest BCUT2D eigenvalue weighted by molar-refractivity contribution is 5.70. The fourth-order valence-corrected chi connectivity index (χ4v) is 3.96. The van der Waals surface area contributed by atoms with E-state index in [4.69, 9.17) is 14.2 Å². The SMILES string of the molecule is CCC(COC(=O)CCN1CC1C)(COC(=O)CCN1CC1C)COC(O)CCN1CC1C. The highest BCUT2D eigenvalue weighted by Crippen LogP contribution is 2.26. The fourth-order valence-electron chi connectivity index (χ4n) is 3.96. The summed E-state index contributed by atoms with van der Waals surface area (Å²) in [4.78, 5) is 31.3. The summed E-state index contributed by atoms with van der Waals surface area (Å²) >= 11 is 0. The van der Waals surface area contributed by atoms with Crippen molar-refractivity contribution in [3.05, 3.63) is 0 Å². The van der Waals surface area contributed by atoms with Gasteiger partial charge in [-0.1, -0.05) is 6.92 Å². The molecule has 0 aromatic rings. The predicted octanol–water partition coefficient (Wildman–Crippen LogP) is 1.09. The van der Waals surface area contributed by atoms with E-state index in [1.165, 1.54) is 0 Å². The fraction of sp³-hybridized carbons (Fsp3) is 0.917. The van der Waals surface area contributed by atoms with Crippen molar-refractivity contribution in [2.45, 2.75) is 77.8 Å². The van der Waals surface area contributed by atoms with Crippen molar-refractivity contribution in [3.63, 3.8) is 0 Å². The molecule has 3 aliphatic rings. The Bertz CT molecular complexity index is 626. The lowest BCUT2D eigenvalue weighted by Crippen LogP contribution is -2.40. The first-order chi connectivity index (χ1) is 15.7. The van der Waals surface area contributed by atoms with Gasteiger partial charge >= 0.3 is 11.9 Å². The molecule has 190 valence electrons. The van der Waals surface area contributed by atoms with Gasteiger partial charge in [0.25, 0.3) is 0 Å². The molecule has 0 spiro atoms. The zero-order valence-corrected chi connectivity index (χ0v) is 20.8. The van der Waals surface area contributed by atoms with Crippen LogP contribution in [-0.4, -0.2) is 115 Å². The van der Waals surface area contributed by atoms with E-state index in [1.54, 1.807) is 0 Å². The van der Waals surface area contributed by atoms with E-state index in [1.807, 2.05) is 6.92 Å². The minimum absolute atomic E-state index is 0.101. The third kappa shape index (κ3) is 9.13. The van der Waals surface area contributed by atoms with E-state index in [0.717, 1.165) is 26.2 Å². The number of carbonyl (C=O) groups excluding carboxylic acids is 2. The number of aliphatic hydroxyl groups excluding tert-OH is 1. The number of rotatable bonds is 17. The van der Waals surface area contributed by atoms with Gasteiger partial charge in [-0.15, -0.1) is 0 Å². The van der Waals surface area contributed by atoms with Gasteiger partial charge in [0.2, 0.25) is 0 Å². The summed E-state index contributed by atoms with van der Waals surface area (Å²) < 4.78 is 16.9. The Hall–Kier alpha value is -1.26. The second kappa shape index (κ2) is 11.9. The molecule has 0 bridgehead atoms. The van der Waals surface area contributed by atoms with Crippen LogP contribution >= 0.6 is 0 Å². The predicted molar refractivity (Wildman–Crippen MR) is 124 cm³/mol. The molecule has 3 aliphatic heterocycles. The van der Waals surface area contributed by atoms with Gasteiger partial charge in [-0.25, -0.2) is 0 Å². The van der Waals surface area contributed by atoms with E-state index >= 15 is 0 Å². The average molecular weight is 470 g/mol. The highest BCUT2D eigenvalue weighted by atomic mass is 16.6. The quantitative estimate of drug-likeness (QED) is 0.191. The van der Waals surface area contributed by atoms with E-state index in [0.29, 0.717) is 56.9 Å². The molecule has 3 fully saturated rings. The van der Waals surface area contributed by atoms with E-state index < -0.39 is 11.7 Å². The summed E-state index contributed by atoms with van der Waals surface area (Å²) in [5, 5.41) is 10.3. The second-order valence-corrected chi connectivity index (χ2v) is 10.3. The summed E-state index contributed by atoms with van der Waals surface area (Å²) in [7, 11) is 0. The summed E-state index contributed by atoms with van der Waals surface area (Å²) in [6.07, 6.45) is 0.898. The van der Waals surface area contributed by atoms with Crippen LogP contribution in [0.5, 0.6) is 0 Å². The third-order valence-electron chi connectivity index (χ3n) is 7.25. The molecule has 0 aliphatic carbocycles. The van der Waals surface area contributed by atoms with Crippen LogP contribution in [0, 0.1) is 5.41 Å². The zero-order valence-electron chi connectivity index (χ0n) is 20.8. The Morgan fingerprint density at radius 1 is 0.848 bits per heavy atom. The molecule has 0 amide bonds. The van der Waals surface area contributed by atoms with E-state index in [2.05, 4.69) is 35.5 Å². The molecular formula is C24H43N3O6. The van der Waals surface area contributed by atoms with Gasteiger partial charge in [0.05, 0.1) is 24.9 Å². The lowest BCUT2D eigenvalue weighted by Gasteiger charge is -2.32. The van der Waals surface area contributed by atoms with Crippen molar-refractivity contribution in [1.29, 1.82) is 0 Å². The van der Waals surface area contributed by atoms with Gasteiger partial charge < -0.3 is 19.3 Å². The molecule has 7 atom stereocenters. The molecule has 0 radical (unpaired) electrons. The topological polar surface area (TPSA) is 91.1 Å². The normalized spacial score (nSPS) is 32.5. The molecule has 0 saturated carbocycles. The van der Waals surface area contributed by atoms with E-state index in [9.17, 15) is 14.7 Å². The van der Waals surface area contributed by atoms with Crippen LogP contribution in [0.4, 0.5) is 0 Å². The van der Waals surface area contributed by atoms with Gasteiger partial charge in [-0.3, -0.25) is 24.3 Å². The zero-order chi connectivity index (χ0) is 24.0. The van der Waals surface area contributed by atoms with Crippen molar-refractivity contribution < 1.29 is 28.9 Å². The van der Waals surface area contributed by atoms with Crippen LogP contribution in [0.15, 0.2) is 0 Å². The Labute approximate surface area is 198 Å². The lowest BCUT2D eigenvalue weighted by molar-refractivity contribution is -0.171. The summed E-state index contributed by atoms with van der Waals surface area (Å²) in [6.45, 7) is 14.0. The van der Waals surface area contributed by atoms with Crippen molar-refractivity contribution >= 4 is 11.9 Å². The summed E-state index contributed by atoms with van der Waals surface area (Å²) in [6, 6.07) is 1.68. The Morgan fingerprint density at radius 2 is 1.27 bits per heavy atom. The van der Waals surface area contributed by atoms with Crippen LogP contribution in [0.3, 0.4) is 0 Å². The summed E-state index contributed by atoms with van der Waals surface area (Å²) in [5.41, 5.74) is -0.681. The van der Waals surface area contributed by atoms with Gasteiger partial charge in [0.1, 0.15) is 13.2 Å². The number of hydrogen-bond acceptors (Lipinski definition) is 9. The molecule has 3 rings (SSSR count). The van der Waals surface area contributed by atoms with Gasteiger partial charge in [0.15, 0.2) is 6.29 Å². The Kier molecular flexibility index (Phi) is 9.52. The number of hydrogen-bond donors (Lipinski definition) is 1. The average Bonchev–Trinajstić information content (AvgIpc) is 3.74. The molecule has 3 heterocycles. The number of ether oxygens (including phenoxy) is 3. The minimum Gasteiger partial charge on any atom is -0.465 e.